The monoisotopic (exact) mass is 631 g/mol. The molecule has 6 rings (SSSR count). The first-order valence-electron chi connectivity index (χ1n) is 15.9. The van der Waals surface area contributed by atoms with Crippen LogP contribution >= 0.6 is 0 Å². The van der Waals surface area contributed by atoms with E-state index in [2.05, 4.69) is 45.4 Å². The first-order chi connectivity index (χ1) is 21.3. The molecule has 0 saturated carbocycles. The van der Waals surface area contributed by atoms with Crippen molar-refractivity contribution >= 4 is 30.9 Å². The summed E-state index contributed by atoms with van der Waals surface area (Å²) in [5.74, 6) is 0.726. The van der Waals surface area contributed by atoms with Gasteiger partial charge in [0, 0.05) is 56.4 Å². The third kappa shape index (κ3) is 7.04. The largest absolute Gasteiger partial charge is 0.444 e. The van der Waals surface area contributed by atoms with E-state index in [0.717, 1.165) is 71.0 Å². The maximum absolute atomic E-state index is 12.9. The maximum Gasteiger partial charge on any atom is 0.410 e. The number of rotatable bonds is 9. The second-order valence-electron chi connectivity index (χ2n) is 14.5. The zero-order valence-electron chi connectivity index (χ0n) is 27.4. The summed E-state index contributed by atoms with van der Waals surface area (Å²) in [5.41, 5.74) is 3.83. The third-order valence-electron chi connectivity index (χ3n) is 8.52. The van der Waals surface area contributed by atoms with E-state index < -0.39 is 13.7 Å². The number of hydrogen-bond acceptors (Lipinski definition) is 9. The SMILES string of the molecule is Cn1ncc(-c2ccc(-c3ccc(NC4CC5CCC(C4)N5C(=O)OC(C)(C)C)nn3)c3c2cnn3COCC[Si](C)(C)C)n1. The number of aryl methyl sites for hydroxylation is 1. The molecule has 2 saturated heterocycles. The molecule has 240 valence electrons. The standard InChI is InChI=1S/C32H45N9O3Si/c1-32(2,3)44-31(42)41-22-8-9-23(41)17-21(16-22)35-29-13-12-27(36-37-29)25-11-10-24(28-19-33-39(4)38-28)26-18-34-40(30(25)26)20-43-14-15-45(5,6)7/h10-13,18-19,21-23H,8-9,14-17,20H2,1-7H3,(H,35,37). The lowest BCUT2D eigenvalue weighted by Crippen LogP contribution is -2.51. The highest BCUT2D eigenvalue weighted by atomic mass is 28.3. The van der Waals surface area contributed by atoms with Crippen molar-refractivity contribution in [1.82, 2.24) is 39.9 Å². The Morgan fingerprint density at radius 3 is 2.33 bits per heavy atom. The van der Waals surface area contributed by atoms with E-state index in [0.29, 0.717) is 13.3 Å². The number of anilines is 1. The second-order valence-corrected chi connectivity index (χ2v) is 20.1. The lowest BCUT2D eigenvalue weighted by Gasteiger charge is -2.39. The Hall–Kier alpha value is -3.84. The first kappa shape index (κ1) is 31.2. The van der Waals surface area contributed by atoms with E-state index in [9.17, 15) is 4.79 Å². The third-order valence-corrected chi connectivity index (χ3v) is 10.2. The average Bonchev–Trinajstić information content (AvgIpc) is 3.66. The number of fused-ring (bicyclic) bond motifs is 3. The number of piperidine rings is 1. The van der Waals surface area contributed by atoms with Gasteiger partial charge in [-0.25, -0.2) is 9.48 Å². The van der Waals surface area contributed by atoms with Crippen LogP contribution in [-0.2, 0) is 23.3 Å². The molecule has 2 fully saturated rings. The summed E-state index contributed by atoms with van der Waals surface area (Å²) >= 11 is 0. The number of hydrogen-bond donors (Lipinski definition) is 1. The van der Waals surface area contributed by atoms with Crippen molar-refractivity contribution < 1.29 is 14.3 Å². The van der Waals surface area contributed by atoms with Gasteiger partial charge < -0.3 is 19.7 Å². The predicted molar refractivity (Wildman–Crippen MR) is 176 cm³/mol. The topological polar surface area (TPSA) is 125 Å². The van der Waals surface area contributed by atoms with Gasteiger partial charge in [-0.2, -0.15) is 20.1 Å². The molecule has 0 radical (unpaired) electrons. The Kier molecular flexibility index (Phi) is 8.42. The average molecular weight is 632 g/mol. The number of nitrogens with zero attached hydrogens (tertiary/aromatic N) is 8. The van der Waals surface area contributed by atoms with Crippen LogP contribution in [0.1, 0.15) is 46.5 Å². The molecule has 2 aliphatic heterocycles. The van der Waals surface area contributed by atoms with Crippen molar-refractivity contribution in [2.75, 3.05) is 11.9 Å². The highest BCUT2D eigenvalue weighted by molar-refractivity contribution is 6.76. The van der Waals surface area contributed by atoms with Gasteiger partial charge in [0.05, 0.1) is 23.6 Å². The minimum absolute atomic E-state index is 0.178. The predicted octanol–water partition coefficient (Wildman–Crippen LogP) is 5.94. The van der Waals surface area contributed by atoms with Gasteiger partial charge in [0.15, 0.2) is 0 Å². The minimum Gasteiger partial charge on any atom is -0.444 e. The second kappa shape index (κ2) is 12.2. The Bertz CT molecular complexity index is 1640. The minimum atomic E-state index is -1.21. The molecular formula is C32H45N9O3Si. The van der Waals surface area contributed by atoms with E-state index in [1.807, 2.05) is 67.9 Å². The number of amides is 1. The zero-order chi connectivity index (χ0) is 31.9. The molecule has 2 bridgehead atoms. The lowest BCUT2D eigenvalue weighted by atomic mass is 9.97. The molecule has 0 spiro atoms. The molecule has 12 nitrogen and oxygen atoms in total. The molecule has 1 amide bonds. The summed E-state index contributed by atoms with van der Waals surface area (Å²) in [4.78, 5) is 16.4. The van der Waals surface area contributed by atoms with Gasteiger partial charge in [0.2, 0.25) is 0 Å². The summed E-state index contributed by atoms with van der Waals surface area (Å²) in [6.07, 6.45) is 7.16. The maximum atomic E-state index is 12.9. The fourth-order valence-electron chi connectivity index (χ4n) is 6.40. The van der Waals surface area contributed by atoms with E-state index in [1.54, 1.807) is 11.0 Å². The van der Waals surface area contributed by atoms with Crippen molar-refractivity contribution in [3.05, 3.63) is 36.7 Å². The van der Waals surface area contributed by atoms with Crippen LogP contribution in [0.25, 0.3) is 33.4 Å². The molecule has 1 N–H and O–H groups in total. The van der Waals surface area contributed by atoms with Crippen molar-refractivity contribution in [2.24, 2.45) is 7.05 Å². The van der Waals surface area contributed by atoms with Gasteiger partial charge in [0.25, 0.3) is 0 Å². The number of carbonyl (C=O) groups is 1. The molecule has 5 heterocycles. The number of ether oxygens (including phenoxy) is 2. The van der Waals surface area contributed by atoms with Crippen LogP contribution in [0.5, 0.6) is 0 Å². The van der Waals surface area contributed by atoms with Gasteiger partial charge >= 0.3 is 6.09 Å². The lowest BCUT2D eigenvalue weighted by molar-refractivity contribution is 0.00682. The molecule has 3 aromatic heterocycles. The molecule has 1 aromatic carbocycles. The summed E-state index contributed by atoms with van der Waals surface area (Å²) in [5, 5.41) is 27.3. The van der Waals surface area contributed by atoms with Crippen LogP contribution in [0.2, 0.25) is 25.7 Å². The molecule has 4 aromatic rings. The summed E-state index contributed by atoms with van der Waals surface area (Å²) < 4.78 is 13.7. The van der Waals surface area contributed by atoms with Gasteiger partial charge in [-0.3, -0.25) is 0 Å². The summed E-state index contributed by atoms with van der Waals surface area (Å²) in [6.45, 7) is 13.8. The van der Waals surface area contributed by atoms with Crippen molar-refractivity contribution in [1.29, 1.82) is 0 Å². The fourth-order valence-corrected chi connectivity index (χ4v) is 7.15. The van der Waals surface area contributed by atoms with Crippen LogP contribution < -0.4 is 5.32 Å². The van der Waals surface area contributed by atoms with E-state index in [4.69, 9.17) is 14.6 Å². The van der Waals surface area contributed by atoms with Gasteiger partial charge in [-0.15, -0.1) is 10.2 Å². The number of nitrogens with one attached hydrogen (secondary N) is 1. The van der Waals surface area contributed by atoms with Gasteiger partial charge in [-0.1, -0.05) is 25.7 Å². The van der Waals surface area contributed by atoms with Crippen LogP contribution in [0.3, 0.4) is 0 Å². The first-order valence-corrected chi connectivity index (χ1v) is 19.6. The Morgan fingerprint density at radius 2 is 1.71 bits per heavy atom. The van der Waals surface area contributed by atoms with E-state index in [-0.39, 0.29) is 24.2 Å². The molecular weight excluding hydrogens is 586 g/mol. The molecule has 2 atom stereocenters. The van der Waals surface area contributed by atoms with Crippen molar-refractivity contribution in [3.8, 4) is 22.5 Å². The highest BCUT2D eigenvalue weighted by Gasteiger charge is 2.45. The van der Waals surface area contributed by atoms with Crippen LogP contribution in [0, 0.1) is 0 Å². The Labute approximate surface area is 265 Å². The van der Waals surface area contributed by atoms with Crippen LogP contribution in [0.4, 0.5) is 10.6 Å². The summed E-state index contributed by atoms with van der Waals surface area (Å²) in [6, 6.07) is 9.74. The highest BCUT2D eigenvalue weighted by Crippen LogP contribution is 2.38. The van der Waals surface area contributed by atoms with E-state index in [1.165, 1.54) is 0 Å². The van der Waals surface area contributed by atoms with Crippen molar-refractivity contribution in [3.63, 3.8) is 0 Å². The van der Waals surface area contributed by atoms with Crippen LogP contribution in [0.15, 0.2) is 36.7 Å². The summed E-state index contributed by atoms with van der Waals surface area (Å²) in [7, 11) is 0.601. The normalized spacial score (nSPS) is 20.2. The van der Waals surface area contributed by atoms with E-state index >= 15 is 0 Å². The zero-order valence-corrected chi connectivity index (χ0v) is 28.4. The van der Waals surface area contributed by atoms with Gasteiger partial charge in [0.1, 0.15) is 23.8 Å². The molecule has 45 heavy (non-hydrogen) atoms. The van der Waals surface area contributed by atoms with Gasteiger partial charge in [-0.05, 0) is 70.7 Å². The smallest absolute Gasteiger partial charge is 0.410 e. The fraction of sp³-hybridized carbons (Fsp3) is 0.562. The number of aromatic nitrogens is 7. The van der Waals surface area contributed by atoms with Crippen LogP contribution in [-0.4, -0.2) is 84.4 Å². The molecule has 2 unspecified atom stereocenters. The molecule has 13 heteroatoms. The Morgan fingerprint density at radius 1 is 0.978 bits per heavy atom. The Balaban J connectivity index is 1.20. The molecule has 0 aliphatic carbocycles. The molecule has 2 aliphatic rings. The quantitative estimate of drug-likeness (QED) is 0.176. The number of benzene rings is 1. The number of carbonyl (C=O) groups excluding carboxylic acids is 1. The van der Waals surface area contributed by atoms with Crippen molar-refractivity contribution in [2.45, 2.75) is 103 Å².